The summed E-state index contributed by atoms with van der Waals surface area (Å²) in [5.74, 6) is 0.134. The van der Waals surface area contributed by atoms with E-state index in [0.29, 0.717) is 17.7 Å². The van der Waals surface area contributed by atoms with Crippen LogP contribution in [0.5, 0.6) is 0 Å². The van der Waals surface area contributed by atoms with E-state index in [4.69, 9.17) is 29.0 Å². The van der Waals surface area contributed by atoms with E-state index in [-0.39, 0.29) is 31.3 Å². The fourth-order valence-electron chi connectivity index (χ4n) is 7.04. The van der Waals surface area contributed by atoms with Crippen LogP contribution in [0.3, 0.4) is 0 Å². The van der Waals surface area contributed by atoms with E-state index >= 15 is 0 Å². The fourth-order valence-corrected chi connectivity index (χ4v) is 7.91. The predicted molar refractivity (Wildman–Crippen MR) is 216 cm³/mol. The van der Waals surface area contributed by atoms with Crippen molar-refractivity contribution >= 4 is 19.5 Å². The Morgan fingerprint density at radius 2 is 1.54 bits per heavy atom. The molecule has 1 aliphatic rings. The van der Waals surface area contributed by atoms with Gasteiger partial charge in [-0.05, 0) is 0 Å². The molecular formula is C41H63N6O9P. The topological polar surface area (TPSA) is 231 Å². The van der Waals surface area contributed by atoms with Crippen molar-refractivity contribution in [3.05, 3.63) is 59.5 Å². The summed E-state index contributed by atoms with van der Waals surface area (Å²) in [7, 11) is -4.85. The van der Waals surface area contributed by atoms with Crippen LogP contribution in [-0.4, -0.2) is 85.4 Å². The number of ether oxygens (including phenoxy) is 3. The number of hydrogen-bond acceptors (Lipinski definition) is 14. The number of aliphatic hydroxyl groups is 2. The number of nitrogens with two attached hydrogens (primary N) is 1. The molecule has 5 atom stereocenters. The Kier molecular flexibility index (Phi) is 20.0. The van der Waals surface area contributed by atoms with Crippen LogP contribution in [0.4, 0.5) is 5.82 Å². The average molecular weight is 815 g/mol. The Morgan fingerprint density at radius 3 is 2.18 bits per heavy atom. The van der Waals surface area contributed by atoms with Gasteiger partial charge in [-0.25, -0.2) is 0 Å². The van der Waals surface area contributed by atoms with Gasteiger partial charge in [0.1, 0.15) is 0 Å². The van der Waals surface area contributed by atoms with Crippen molar-refractivity contribution in [3.8, 4) is 12.1 Å². The van der Waals surface area contributed by atoms with E-state index in [0.717, 1.165) is 24.8 Å². The number of rotatable bonds is 29. The monoisotopic (exact) mass is 814 g/mol. The minimum absolute atomic E-state index is 0.0933. The van der Waals surface area contributed by atoms with Crippen molar-refractivity contribution in [3.63, 3.8) is 0 Å². The van der Waals surface area contributed by atoms with Gasteiger partial charge in [0.2, 0.25) is 0 Å². The molecule has 0 bridgehead atoms. The molecule has 16 heteroatoms. The number of nitrogen functional groups attached to an aromatic ring is 1. The number of aromatic nitrogens is 3. The molecule has 3 aromatic rings. The summed E-state index contributed by atoms with van der Waals surface area (Å²) in [5, 5.41) is 45.4. The van der Waals surface area contributed by atoms with Gasteiger partial charge in [0.25, 0.3) is 0 Å². The molecule has 1 fully saturated rings. The second-order valence-corrected chi connectivity index (χ2v) is 16.6. The number of hydrogen-bond donors (Lipinski definition) is 5. The van der Waals surface area contributed by atoms with Gasteiger partial charge in [-0.2, -0.15) is 0 Å². The fraction of sp³-hybridized carbons (Fsp3) is 0.659. The zero-order valence-electron chi connectivity index (χ0n) is 33.3. The van der Waals surface area contributed by atoms with Gasteiger partial charge in [0.15, 0.2) is 0 Å². The number of anilines is 1. The zero-order chi connectivity index (χ0) is 40.9. The van der Waals surface area contributed by atoms with E-state index < -0.39 is 44.8 Å². The van der Waals surface area contributed by atoms with Crippen molar-refractivity contribution in [2.75, 3.05) is 32.2 Å². The summed E-state index contributed by atoms with van der Waals surface area (Å²) in [5.41, 5.74) is 5.53. The van der Waals surface area contributed by atoms with Gasteiger partial charge in [-0.3, -0.25) is 0 Å². The van der Waals surface area contributed by atoms with Gasteiger partial charge in [0, 0.05) is 0 Å². The summed E-state index contributed by atoms with van der Waals surface area (Å²) in [6.45, 7) is 2.08. The first-order valence-electron chi connectivity index (χ1n) is 20.6. The van der Waals surface area contributed by atoms with Crippen LogP contribution in [-0.2, 0) is 35.5 Å². The summed E-state index contributed by atoms with van der Waals surface area (Å²) in [4.78, 5) is 25.4. The van der Waals surface area contributed by atoms with Gasteiger partial charge in [-0.15, -0.1) is 0 Å². The molecule has 0 spiro atoms. The molecule has 0 saturated carbocycles. The third kappa shape index (κ3) is 14.5. The summed E-state index contributed by atoms with van der Waals surface area (Å²) in [6.07, 6.45) is 16.2. The van der Waals surface area contributed by atoms with Crippen molar-refractivity contribution in [2.24, 2.45) is 0 Å². The molecular weight excluding hydrogens is 751 g/mol. The second kappa shape index (κ2) is 24.6. The molecule has 0 unspecified atom stereocenters. The average Bonchev–Trinajstić information content (AvgIpc) is 3.76. The molecule has 3 heterocycles. The Balaban J connectivity index is 1.18. The van der Waals surface area contributed by atoms with Crippen LogP contribution in [0.1, 0.15) is 126 Å². The van der Waals surface area contributed by atoms with E-state index in [9.17, 15) is 30.5 Å². The second-order valence-electron chi connectivity index (χ2n) is 14.9. The molecule has 4 rings (SSSR count). The maximum absolute atomic E-state index is 11.0. The van der Waals surface area contributed by atoms with E-state index in [1.165, 1.54) is 100 Å². The van der Waals surface area contributed by atoms with Gasteiger partial charge in [-0.1, -0.05) is 71.1 Å². The normalized spacial score (nSPS) is 20.4. The SMILES string of the molecule is CCCCCCCCCCCCCCCCCCOC[C@H](CO[PH](O)(O)OC[C@H]1O[C@@](C#N)(c2ccc3c(N)ncnn23)[C@H](O)[C@@H]1O)OCc1cccc(C#N)c1. The van der Waals surface area contributed by atoms with Crippen LogP contribution in [0, 0.1) is 22.7 Å². The number of benzene rings is 1. The number of nitrogens with zero attached hydrogens (tertiary/aromatic N) is 5. The third-order valence-corrected chi connectivity index (χ3v) is 11.5. The first kappa shape index (κ1) is 46.4. The summed E-state index contributed by atoms with van der Waals surface area (Å²) < 4.78 is 29.8. The van der Waals surface area contributed by atoms with E-state index in [1.54, 1.807) is 24.3 Å². The Labute approximate surface area is 337 Å². The van der Waals surface area contributed by atoms with E-state index in [2.05, 4.69) is 23.1 Å². The van der Waals surface area contributed by atoms with Crippen LogP contribution >= 0.6 is 8.17 Å². The van der Waals surface area contributed by atoms with Crippen LogP contribution in [0.25, 0.3) is 5.52 Å². The van der Waals surface area contributed by atoms with Crippen molar-refractivity contribution in [2.45, 2.75) is 146 Å². The molecule has 0 aliphatic carbocycles. The summed E-state index contributed by atoms with van der Waals surface area (Å²) >= 11 is 0. The Morgan fingerprint density at radius 1 is 0.895 bits per heavy atom. The molecule has 2 aromatic heterocycles. The third-order valence-electron chi connectivity index (χ3n) is 10.4. The number of nitriles is 2. The Hall–Kier alpha value is -3.31. The molecule has 1 aromatic carbocycles. The minimum atomic E-state index is -4.85. The number of aliphatic hydroxyl groups excluding tert-OH is 2. The molecule has 57 heavy (non-hydrogen) atoms. The molecule has 1 aliphatic heterocycles. The molecule has 0 amide bonds. The number of unbranched alkanes of at least 4 members (excludes halogenated alkanes) is 15. The van der Waals surface area contributed by atoms with Crippen molar-refractivity contribution in [1.29, 1.82) is 10.5 Å². The standard InChI is InChI=1S/C41H63N6O9P/c1-2-3-4-5-6-7-8-9-10-11-12-13-14-15-16-17-23-52-27-34(53-26-33-20-18-19-32(24-33)25-42)28-54-57(50,51)55-29-36-38(48)39(49)41(30-43,56-36)37-22-21-35-40(44)45-31-46-47(35)37/h18-22,24,31,34,36,38-39,48-51,57H,2-17,23,26-29H2,1H3,(H2,44,45,46)/t34-,36-,38-,39-,41+/m1/s1. The molecule has 316 valence electrons. The van der Waals surface area contributed by atoms with Gasteiger partial charge < -0.3 is 0 Å². The van der Waals surface area contributed by atoms with Crippen LogP contribution < -0.4 is 5.73 Å². The molecule has 1 saturated heterocycles. The molecule has 6 N–H and O–H groups in total. The quantitative estimate of drug-likeness (QED) is 0.0382. The van der Waals surface area contributed by atoms with Crippen LogP contribution in [0.15, 0.2) is 42.7 Å². The summed E-state index contributed by atoms with van der Waals surface area (Å²) in [6, 6.07) is 14.0. The van der Waals surface area contributed by atoms with Crippen molar-refractivity contribution < 1.29 is 43.3 Å². The van der Waals surface area contributed by atoms with Gasteiger partial charge >= 0.3 is 267 Å². The van der Waals surface area contributed by atoms with E-state index in [1.807, 2.05) is 12.1 Å². The van der Waals surface area contributed by atoms with Crippen molar-refractivity contribution in [1.82, 2.24) is 14.6 Å². The first-order valence-corrected chi connectivity index (χ1v) is 22.3. The first-order chi connectivity index (χ1) is 27.6. The number of fused-ring (bicyclic) bond motifs is 1. The zero-order valence-corrected chi connectivity index (χ0v) is 34.3. The van der Waals surface area contributed by atoms with Gasteiger partial charge in [0.05, 0.1) is 0 Å². The maximum atomic E-state index is 11.0. The predicted octanol–water partition coefficient (Wildman–Crippen LogP) is 6.31. The van der Waals surface area contributed by atoms with Crippen LogP contribution in [0.2, 0.25) is 0 Å². The molecule has 0 radical (unpaired) electrons. The molecule has 15 nitrogen and oxygen atoms in total. The Bertz CT molecular complexity index is 1700.